The van der Waals surface area contributed by atoms with Gasteiger partial charge in [0.15, 0.2) is 0 Å². The summed E-state index contributed by atoms with van der Waals surface area (Å²) >= 11 is 0. The van der Waals surface area contributed by atoms with Gasteiger partial charge in [-0.3, -0.25) is 0 Å². The van der Waals surface area contributed by atoms with Crippen molar-refractivity contribution >= 4 is 0 Å². The molecular formula is C25H50. The maximum absolute atomic E-state index is 2.63. The molecular weight excluding hydrogens is 300 g/mol. The monoisotopic (exact) mass is 350 g/mol. The summed E-state index contributed by atoms with van der Waals surface area (Å²) in [7, 11) is 0. The molecule has 0 aromatic heterocycles. The molecule has 0 spiro atoms. The highest BCUT2D eigenvalue weighted by atomic mass is 14.5. The highest BCUT2D eigenvalue weighted by molar-refractivity contribution is 5.17. The first kappa shape index (κ1) is 24.7. The van der Waals surface area contributed by atoms with Crippen LogP contribution in [-0.2, 0) is 0 Å². The van der Waals surface area contributed by atoms with Crippen molar-refractivity contribution < 1.29 is 0 Å². The van der Waals surface area contributed by atoms with Crippen molar-refractivity contribution in [3.05, 3.63) is 11.6 Å². The summed E-state index contributed by atoms with van der Waals surface area (Å²) in [5.74, 6) is 4.52. The molecule has 0 heteroatoms. The second kappa shape index (κ2) is 12.2. The molecule has 0 saturated heterocycles. The lowest BCUT2D eigenvalue weighted by atomic mass is 9.60. The lowest BCUT2D eigenvalue weighted by molar-refractivity contribution is 0.0906. The summed E-state index contributed by atoms with van der Waals surface area (Å²) in [6.07, 6.45) is 12.5. The van der Waals surface area contributed by atoms with Gasteiger partial charge in [-0.1, -0.05) is 86.8 Å². The van der Waals surface area contributed by atoms with Crippen molar-refractivity contribution in [2.24, 2.45) is 35.0 Å². The van der Waals surface area contributed by atoms with E-state index in [1.165, 1.54) is 44.9 Å². The molecule has 0 N–H and O–H groups in total. The zero-order valence-electron chi connectivity index (χ0n) is 19.4. The SMILES string of the molecule is C/C=C1\CCCC2(C)C1CCC2[C@H](C)CC[C@H](C)C(C)C.CC.CC. The molecule has 0 heterocycles. The van der Waals surface area contributed by atoms with E-state index in [9.17, 15) is 0 Å². The van der Waals surface area contributed by atoms with Crippen LogP contribution in [0, 0.1) is 35.0 Å². The lowest BCUT2D eigenvalue weighted by Crippen LogP contribution is -2.36. The van der Waals surface area contributed by atoms with E-state index in [1.54, 1.807) is 5.57 Å². The predicted octanol–water partition coefficient (Wildman–Crippen LogP) is 8.91. The van der Waals surface area contributed by atoms with Crippen molar-refractivity contribution in [2.45, 2.75) is 114 Å². The normalized spacial score (nSPS) is 32.2. The van der Waals surface area contributed by atoms with E-state index in [4.69, 9.17) is 0 Å². The number of hydrogen-bond donors (Lipinski definition) is 0. The number of fused-ring (bicyclic) bond motifs is 1. The maximum atomic E-state index is 2.63. The molecule has 2 rings (SSSR count). The Kier molecular flexibility index (Phi) is 12.1. The van der Waals surface area contributed by atoms with E-state index in [0.717, 1.165) is 29.6 Å². The van der Waals surface area contributed by atoms with Crippen LogP contribution in [0.25, 0.3) is 0 Å². The van der Waals surface area contributed by atoms with Crippen LogP contribution < -0.4 is 0 Å². The van der Waals surface area contributed by atoms with E-state index in [2.05, 4.69) is 47.6 Å². The van der Waals surface area contributed by atoms with Gasteiger partial charge in [-0.15, -0.1) is 0 Å². The van der Waals surface area contributed by atoms with Gasteiger partial charge in [0.05, 0.1) is 0 Å². The van der Waals surface area contributed by atoms with Crippen molar-refractivity contribution in [3.8, 4) is 0 Å². The van der Waals surface area contributed by atoms with Crippen LogP contribution in [0.15, 0.2) is 11.6 Å². The third-order valence-corrected chi connectivity index (χ3v) is 7.31. The van der Waals surface area contributed by atoms with Gasteiger partial charge in [-0.05, 0) is 74.0 Å². The van der Waals surface area contributed by atoms with Crippen LogP contribution >= 0.6 is 0 Å². The standard InChI is InChI=1S/C21H38.2C2H6/c1-7-18-9-8-14-21(6)19(12-13-20(18)21)17(5)11-10-16(4)15(2)3;2*1-2/h7,15-17,19-20H,8-14H2,1-6H3;2*1-2H3/b18-7+;;/t16-,17+,19?,20?,21?;;/m0../s1. The molecule has 0 nitrogen and oxygen atoms in total. The van der Waals surface area contributed by atoms with Crippen LogP contribution in [0.1, 0.15) is 114 Å². The summed E-state index contributed by atoms with van der Waals surface area (Å²) in [6.45, 7) is 22.6. The topological polar surface area (TPSA) is 0 Å². The first-order valence-electron chi connectivity index (χ1n) is 11.5. The van der Waals surface area contributed by atoms with Crippen LogP contribution in [0.3, 0.4) is 0 Å². The lowest BCUT2D eigenvalue weighted by Gasteiger charge is -2.44. The first-order chi connectivity index (χ1) is 11.9. The summed E-state index contributed by atoms with van der Waals surface area (Å²) in [5, 5.41) is 0. The Morgan fingerprint density at radius 2 is 1.60 bits per heavy atom. The van der Waals surface area contributed by atoms with Gasteiger partial charge in [0, 0.05) is 0 Å². The summed E-state index contributed by atoms with van der Waals surface area (Å²) < 4.78 is 0. The van der Waals surface area contributed by atoms with Gasteiger partial charge >= 0.3 is 0 Å². The Labute approximate surface area is 161 Å². The number of allylic oxidation sites excluding steroid dienone is 2. The Morgan fingerprint density at radius 3 is 2.12 bits per heavy atom. The molecule has 0 aromatic rings. The molecule has 2 fully saturated rings. The van der Waals surface area contributed by atoms with E-state index in [0.29, 0.717) is 5.41 Å². The quantitative estimate of drug-likeness (QED) is 0.434. The maximum Gasteiger partial charge on any atom is -0.0146 e. The molecule has 25 heavy (non-hydrogen) atoms. The third-order valence-electron chi connectivity index (χ3n) is 7.31. The molecule has 5 atom stereocenters. The minimum Gasteiger partial charge on any atom is -0.0882 e. The molecule has 0 bridgehead atoms. The summed E-state index contributed by atoms with van der Waals surface area (Å²) in [5.41, 5.74) is 2.40. The first-order valence-corrected chi connectivity index (χ1v) is 11.5. The Balaban J connectivity index is 0.00000134. The molecule has 0 amide bonds. The molecule has 2 aliphatic rings. The molecule has 2 aliphatic carbocycles. The second-order valence-corrected chi connectivity index (χ2v) is 8.74. The Bertz CT molecular complexity index is 364. The number of hydrogen-bond acceptors (Lipinski definition) is 0. The molecule has 0 radical (unpaired) electrons. The predicted molar refractivity (Wildman–Crippen MR) is 117 cm³/mol. The van der Waals surface area contributed by atoms with Gasteiger partial charge in [-0.25, -0.2) is 0 Å². The van der Waals surface area contributed by atoms with Crippen molar-refractivity contribution in [3.63, 3.8) is 0 Å². The van der Waals surface area contributed by atoms with Crippen molar-refractivity contribution in [1.82, 2.24) is 0 Å². The highest BCUT2D eigenvalue weighted by Crippen LogP contribution is 2.59. The van der Waals surface area contributed by atoms with E-state index in [1.807, 2.05) is 27.7 Å². The van der Waals surface area contributed by atoms with E-state index < -0.39 is 0 Å². The van der Waals surface area contributed by atoms with Gasteiger partial charge in [0.25, 0.3) is 0 Å². The summed E-state index contributed by atoms with van der Waals surface area (Å²) in [6, 6.07) is 0. The fourth-order valence-corrected chi connectivity index (χ4v) is 5.42. The van der Waals surface area contributed by atoms with Crippen LogP contribution in [0.2, 0.25) is 0 Å². The van der Waals surface area contributed by atoms with Crippen LogP contribution in [0.4, 0.5) is 0 Å². The average Bonchev–Trinajstić information content (AvgIpc) is 2.99. The van der Waals surface area contributed by atoms with Gasteiger partial charge in [0.2, 0.25) is 0 Å². The van der Waals surface area contributed by atoms with Gasteiger partial charge in [0.1, 0.15) is 0 Å². The minimum atomic E-state index is 0.612. The summed E-state index contributed by atoms with van der Waals surface area (Å²) in [4.78, 5) is 0. The molecule has 0 aromatic carbocycles. The van der Waals surface area contributed by atoms with Crippen LogP contribution in [0.5, 0.6) is 0 Å². The second-order valence-electron chi connectivity index (χ2n) is 8.74. The highest BCUT2D eigenvalue weighted by Gasteiger charge is 2.50. The molecule has 3 unspecified atom stereocenters. The van der Waals surface area contributed by atoms with E-state index >= 15 is 0 Å². The van der Waals surface area contributed by atoms with E-state index in [-0.39, 0.29) is 0 Å². The van der Waals surface area contributed by atoms with Crippen molar-refractivity contribution in [2.75, 3.05) is 0 Å². The van der Waals surface area contributed by atoms with Crippen LogP contribution in [-0.4, -0.2) is 0 Å². The molecule has 150 valence electrons. The Hall–Kier alpha value is -0.260. The fourth-order valence-electron chi connectivity index (χ4n) is 5.42. The molecule has 0 aliphatic heterocycles. The Morgan fingerprint density at radius 1 is 1.00 bits per heavy atom. The van der Waals surface area contributed by atoms with Crippen molar-refractivity contribution in [1.29, 1.82) is 0 Å². The molecule has 2 saturated carbocycles. The largest absolute Gasteiger partial charge is 0.0882 e. The zero-order chi connectivity index (χ0) is 19.6. The van der Waals surface area contributed by atoms with Gasteiger partial charge in [-0.2, -0.15) is 0 Å². The minimum absolute atomic E-state index is 0.612. The smallest absolute Gasteiger partial charge is 0.0146 e. The number of rotatable bonds is 5. The average molecular weight is 351 g/mol. The zero-order valence-corrected chi connectivity index (χ0v) is 19.4. The third kappa shape index (κ3) is 6.14. The van der Waals surface area contributed by atoms with Gasteiger partial charge < -0.3 is 0 Å². The fraction of sp³-hybridized carbons (Fsp3) is 0.920.